The van der Waals surface area contributed by atoms with Crippen molar-refractivity contribution in [1.29, 1.82) is 0 Å². The number of benzene rings is 2. The van der Waals surface area contributed by atoms with Crippen LogP contribution in [0.1, 0.15) is 24.1 Å². The lowest BCUT2D eigenvalue weighted by Gasteiger charge is -2.19. The lowest BCUT2D eigenvalue weighted by atomic mass is 9.99. The van der Waals surface area contributed by atoms with Gasteiger partial charge in [-0.1, -0.05) is 47.1 Å². The molecule has 1 atom stereocenters. The minimum Gasteiger partial charge on any atom is -0.508 e. The Morgan fingerprint density at radius 2 is 1.95 bits per heavy atom. The standard InChI is InChI=1S/C16H18BrNO/c1-2-18-16(13-6-4-7-14(17)11-13)10-12-5-3-8-15(19)9-12/h3-9,11,16,18-19H,2,10H2,1H3. The first-order chi connectivity index (χ1) is 9.19. The number of hydrogen-bond donors (Lipinski definition) is 2. The van der Waals surface area contributed by atoms with E-state index in [1.54, 1.807) is 6.07 Å². The fourth-order valence-electron chi connectivity index (χ4n) is 2.20. The lowest BCUT2D eigenvalue weighted by molar-refractivity contribution is 0.473. The van der Waals surface area contributed by atoms with Gasteiger partial charge in [-0.2, -0.15) is 0 Å². The van der Waals surface area contributed by atoms with E-state index in [2.05, 4.69) is 40.3 Å². The molecule has 0 radical (unpaired) electrons. The molecule has 0 bridgehead atoms. The third-order valence-corrected chi connectivity index (χ3v) is 3.55. The highest BCUT2D eigenvalue weighted by atomic mass is 79.9. The van der Waals surface area contributed by atoms with Crippen LogP contribution < -0.4 is 5.32 Å². The summed E-state index contributed by atoms with van der Waals surface area (Å²) in [6, 6.07) is 16.0. The van der Waals surface area contributed by atoms with Gasteiger partial charge in [0, 0.05) is 10.5 Å². The van der Waals surface area contributed by atoms with Gasteiger partial charge in [-0.25, -0.2) is 0 Å². The molecule has 0 aliphatic rings. The highest BCUT2D eigenvalue weighted by Gasteiger charge is 2.11. The van der Waals surface area contributed by atoms with Crippen LogP contribution in [0, 0.1) is 0 Å². The second-order valence-electron chi connectivity index (χ2n) is 4.54. The normalized spacial score (nSPS) is 12.3. The summed E-state index contributed by atoms with van der Waals surface area (Å²) in [5.41, 5.74) is 2.38. The van der Waals surface area contributed by atoms with E-state index in [0.717, 1.165) is 23.0 Å². The van der Waals surface area contributed by atoms with Gasteiger partial charge in [-0.15, -0.1) is 0 Å². The first-order valence-corrected chi connectivity index (χ1v) is 7.25. The summed E-state index contributed by atoms with van der Waals surface area (Å²) in [5.74, 6) is 0.321. The molecule has 0 amide bonds. The summed E-state index contributed by atoms with van der Waals surface area (Å²) in [7, 11) is 0. The van der Waals surface area contributed by atoms with Gasteiger partial charge in [0.1, 0.15) is 5.75 Å². The highest BCUT2D eigenvalue weighted by molar-refractivity contribution is 9.10. The van der Waals surface area contributed by atoms with E-state index < -0.39 is 0 Å². The predicted molar refractivity (Wildman–Crippen MR) is 82.4 cm³/mol. The van der Waals surface area contributed by atoms with Crippen LogP contribution in [-0.2, 0) is 6.42 Å². The molecule has 100 valence electrons. The number of aromatic hydroxyl groups is 1. The van der Waals surface area contributed by atoms with Crippen LogP contribution in [0.2, 0.25) is 0 Å². The van der Waals surface area contributed by atoms with Gasteiger partial charge in [0.05, 0.1) is 0 Å². The molecule has 0 aromatic heterocycles. The zero-order chi connectivity index (χ0) is 13.7. The summed E-state index contributed by atoms with van der Waals surface area (Å²) in [5, 5.41) is 13.0. The van der Waals surface area contributed by atoms with Gasteiger partial charge in [0.15, 0.2) is 0 Å². The van der Waals surface area contributed by atoms with Crippen LogP contribution in [0.3, 0.4) is 0 Å². The Morgan fingerprint density at radius 3 is 2.63 bits per heavy atom. The van der Waals surface area contributed by atoms with Crippen molar-refractivity contribution in [1.82, 2.24) is 5.32 Å². The molecule has 0 aliphatic carbocycles. The quantitative estimate of drug-likeness (QED) is 0.871. The third-order valence-electron chi connectivity index (χ3n) is 3.05. The zero-order valence-electron chi connectivity index (χ0n) is 10.9. The average molecular weight is 320 g/mol. The number of rotatable bonds is 5. The Labute approximate surface area is 122 Å². The molecule has 2 N–H and O–H groups in total. The molecule has 0 fully saturated rings. The number of likely N-dealkylation sites (N-methyl/N-ethyl adjacent to an activating group) is 1. The fourth-order valence-corrected chi connectivity index (χ4v) is 2.61. The first kappa shape index (κ1) is 14.1. The maximum Gasteiger partial charge on any atom is 0.115 e. The topological polar surface area (TPSA) is 32.3 Å². The first-order valence-electron chi connectivity index (χ1n) is 6.46. The number of phenolic OH excluding ortho intramolecular Hbond substituents is 1. The van der Waals surface area contributed by atoms with E-state index in [-0.39, 0.29) is 6.04 Å². The van der Waals surface area contributed by atoms with Crippen LogP contribution in [-0.4, -0.2) is 11.7 Å². The van der Waals surface area contributed by atoms with Gasteiger partial charge >= 0.3 is 0 Å². The largest absolute Gasteiger partial charge is 0.508 e. The Balaban J connectivity index is 2.21. The molecule has 2 nitrogen and oxygen atoms in total. The molecule has 1 unspecified atom stereocenters. The van der Waals surface area contributed by atoms with Crippen LogP contribution in [0.4, 0.5) is 0 Å². The summed E-state index contributed by atoms with van der Waals surface area (Å²) in [4.78, 5) is 0. The molecule has 2 rings (SSSR count). The van der Waals surface area contributed by atoms with E-state index in [0.29, 0.717) is 5.75 Å². The van der Waals surface area contributed by atoms with Crippen molar-refractivity contribution in [2.45, 2.75) is 19.4 Å². The summed E-state index contributed by atoms with van der Waals surface area (Å²) in [6.45, 7) is 3.02. The Kier molecular flexibility index (Phi) is 5.00. The molecular weight excluding hydrogens is 302 g/mol. The number of nitrogens with one attached hydrogen (secondary N) is 1. The number of halogens is 1. The maximum atomic E-state index is 9.54. The molecule has 0 spiro atoms. The highest BCUT2D eigenvalue weighted by Crippen LogP contribution is 2.23. The molecule has 0 heterocycles. The lowest BCUT2D eigenvalue weighted by Crippen LogP contribution is -2.22. The molecule has 2 aromatic carbocycles. The van der Waals surface area contributed by atoms with Crippen LogP contribution in [0.5, 0.6) is 5.75 Å². The van der Waals surface area contributed by atoms with Crippen molar-refractivity contribution in [2.75, 3.05) is 6.54 Å². The minimum absolute atomic E-state index is 0.254. The number of phenols is 1. The minimum atomic E-state index is 0.254. The second-order valence-corrected chi connectivity index (χ2v) is 5.45. The predicted octanol–water partition coefficient (Wildman–Crippen LogP) is 4.05. The van der Waals surface area contributed by atoms with Crippen molar-refractivity contribution in [3.63, 3.8) is 0 Å². The molecular formula is C16H18BrNO. The Morgan fingerprint density at radius 1 is 1.16 bits per heavy atom. The average Bonchev–Trinajstić information content (AvgIpc) is 2.38. The van der Waals surface area contributed by atoms with Crippen molar-refractivity contribution in [2.24, 2.45) is 0 Å². The summed E-state index contributed by atoms with van der Waals surface area (Å²) >= 11 is 3.51. The van der Waals surface area contributed by atoms with E-state index in [1.165, 1.54) is 5.56 Å². The number of hydrogen-bond acceptors (Lipinski definition) is 2. The fraction of sp³-hybridized carbons (Fsp3) is 0.250. The Bertz CT molecular complexity index is 542. The summed E-state index contributed by atoms with van der Waals surface area (Å²) in [6.07, 6.45) is 0.860. The van der Waals surface area contributed by atoms with Gasteiger partial charge in [0.2, 0.25) is 0 Å². The smallest absolute Gasteiger partial charge is 0.115 e. The van der Waals surface area contributed by atoms with Gasteiger partial charge < -0.3 is 10.4 Å². The van der Waals surface area contributed by atoms with E-state index in [1.807, 2.05) is 30.3 Å². The van der Waals surface area contributed by atoms with E-state index >= 15 is 0 Å². The van der Waals surface area contributed by atoms with Crippen molar-refractivity contribution in [3.8, 4) is 5.75 Å². The molecule has 0 aliphatic heterocycles. The van der Waals surface area contributed by atoms with Crippen LogP contribution >= 0.6 is 15.9 Å². The van der Waals surface area contributed by atoms with Gasteiger partial charge in [-0.3, -0.25) is 0 Å². The van der Waals surface area contributed by atoms with Crippen molar-refractivity contribution < 1.29 is 5.11 Å². The molecule has 0 saturated carbocycles. The van der Waals surface area contributed by atoms with Crippen molar-refractivity contribution in [3.05, 3.63) is 64.1 Å². The maximum absolute atomic E-state index is 9.54. The molecule has 0 saturated heterocycles. The SMILES string of the molecule is CCNC(Cc1cccc(O)c1)c1cccc(Br)c1. The summed E-state index contributed by atoms with van der Waals surface area (Å²) < 4.78 is 1.09. The zero-order valence-corrected chi connectivity index (χ0v) is 12.5. The third kappa shape index (κ3) is 4.08. The molecule has 19 heavy (non-hydrogen) atoms. The van der Waals surface area contributed by atoms with E-state index in [9.17, 15) is 5.11 Å². The van der Waals surface area contributed by atoms with Crippen molar-refractivity contribution >= 4 is 15.9 Å². The molecule has 2 aromatic rings. The van der Waals surface area contributed by atoms with Gasteiger partial charge in [-0.05, 0) is 48.4 Å². The monoisotopic (exact) mass is 319 g/mol. The van der Waals surface area contributed by atoms with Crippen LogP contribution in [0.15, 0.2) is 53.0 Å². The second kappa shape index (κ2) is 6.73. The van der Waals surface area contributed by atoms with Crippen LogP contribution in [0.25, 0.3) is 0 Å². The molecule has 3 heteroatoms. The van der Waals surface area contributed by atoms with E-state index in [4.69, 9.17) is 0 Å². The van der Waals surface area contributed by atoms with Gasteiger partial charge in [0.25, 0.3) is 0 Å². The Hall–Kier alpha value is -1.32.